The molecule has 0 spiro atoms. The van der Waals surface area contributed by atoms with Crippen LogP contribution in [0.3, 0.4) is 0 Å². The fraction of sp³-hybridized carbons (Fsp3) is 0.917. The number of nitrogens with one attached hydrogen (secondary N) is 1. The molecular formula is C12H23NO3. The summed E-state index contributed by atoms with van der Waals surface area (Å²) in [5, 5.41) is 3.30. The van der Waals surface area contributed by atoms with Crippen LogP contribution in [0.15, 0.2) is 0 Å². The van der Waals surface area contributed by atoms with Crippen LogP contribution in [0.4, 0.5) is 0 Å². The van der Waals surface area contributed by atoms with Gasteiger partial charge in [-0.2, -0.15) is 0 Å². The Morgan fingerprint density at radius 3 is 2.81 bits per heavy atom. The van der Waals surface area contributed by atoms with E-state index >= 15 is 0 Å². The smallest absolute Gasteiger partial charge is 0.313 e. The fourth-order valence-electron chi connectivity index (χ4n) is 2.31. The molecule has 0 saturated carbocycles. The Morgan fingerprint density at radius 1 is 1.44 bits per heavy atom. The summed E-state index contributed by atoms with van der Waals surface area (Å²) in [5.41, 5.74) is -0.291. The molecule has 0 aliphatic carbocycles. The molecule has 1 aliphatic rings. The maximum absolute atomic E-state index is 12.1. The van der Waals surface area contributed by atoms with Gasteiger partial charge in [-0.15, -0.1) is 0 Å². The highest BCUT2D eigenvalue weighted by Crippen LogP contribution is 2.32. The summed E-state index contributed by atoms with van der Waals surface area (Å²) < 4.78 is 10.2. The number of hydrogen-bond donors (Lipinski definition) is 1. The molecule has 94 valence electrons. The van der Waals surface area contributed by atoms with Crippen LogP contribution in [0.5, 0.6) is 0 Å². The Hall–Kier alpha value is -0.610. The Balaban J connectivity index is 2.50. The van der Waals surface area contributed by atoms with Crippen molar-refractivity contribution in [3.05, 3.63) is 0 Å². The van der Waals surface area contributed by atoms with Gasteiger partial charge < -0.3 is 14.8 Å². The second-order valence-electron chi connectivity index (χ2n) is 4.44. The van der Waals surface area contributed by atoms with Crippen molar-refractivity contribution in [2.75, 3.05) is 33.4 Å². The molecule has 4 nitrogen and oxygen atoms in total. The maximum Gasteiger partial charge on any atom is 0.313 e. The average Bonchev–Trinajstić information content (AvgIpc) is 2.31. The quantitative estimate of drug-likeness (QED) is 0.551. The first-order valence-electron chi connectivity index (χ1n) is 6.12. The van der Waals surface area contributed by atoms with Gasteiger partial charge in [0.05, 0.1) is 12.0 Å². The Morgan fingerprint density at radius 2 is 2.25 bits per heavy atom. The highest BCUT2D eigenvalue weighted by molar-refractivity contribution is 5.77. The third-order valence-corrected chi connectivity index (χ3v) is 3.15. The van der Waals surface area contributed by atoms with Gasteiger partial charge in [0.15, 0.2) is 0 Å². The fourth-order valence-corrected chi connectivity index (χ4v) is 2.31. The van der Waals surface area contributed by atoms with Crippen LogP contribution in [-0.2, 0) is 14.3 Å². The monoisotopic (exact) mass is 229 g/mol. The molecule has 1 heterocycles. The lowest BCUT2D eigenvalue weighted by Gasteiger charge is -2.35. The van der Waals surface area contributed by atoms with Crippen LogP contribution in [0.2, 0.25) is 0 Å². The molecule has 1 atom stereocenters. The van der Waals surface area contributed by atoms with Gasteiger partial charge in [0.1, 0.15) is 6.61 Å². The van der Waals surface area contributed by atoms with Crippen molar-refractivity contribution >= 4 is 5.97 Å². The Kier molecular flexibility index (Phi) is 5.77. The summed E-state index contributed by atoms with van der Waals surface area (Å²) in [5.74, 6) is -0.0569. The van der Waals surface area contributed by atoms with Crippen LogP contribution in [0.25, 0.3) is 0 Å². The van der Waals surface area contributed by atoms with Gasteiger partial charge >= 0.3 is 5.97 Å². The lowest BCUT2D eigenvalue weighted by molar-refractivity contribution is -0.159. The molecule has 0 amide bonds. The molecule has 0 aromatic heterocycles. The first-order chi connectivity index (χ1) is 7.75. The summed E-state index contributed by atoms with van der Waals surface area (Å²) in [7, 11) is 1.61. The summed E-state index contributed by atoms with van der Waals surface area (Å²) in [4.78, 5) is 12.1. The SMILES string of the molecule is CCCC1(C(=O)OCCOC)CCCNC1. The minimum Gasteiger partial charge on any atom is -0.463 e. The number of esters is 1. The molecule has 4 heteroatoms. The molecule has 1 N–H and O–H groups in total. The molecule has 1 unspecified atom stereocenters. The third-order valence-electron chi connectivity index (χ3n) is 3.15. The number of methoxy groups -OCH3 is 1. The molecule has 0 aromatic carbocycles. The van der Waals surface area contributed by atoms with Crippen molar-refractivity contribution in [2.24, 2.45) is 5.41 Å². The summed E-state index contributed by atoms with van der Waals surface area (Å²) >= 11 is 0. The molecule has 16 heavy (non-hydrogen) atoms. The highest BCUT2D eigenvalue weighted by atomic mass is 16.6. The zero-order valence-corrected chi connectivity index (χ0v) is 10.4. The topological polar surface area (TPSA) is 47.6 Å². The number of carbonyl (C=O) groups is 1. The van der Waals surface area contributed by atoms with E-state index < -0.39 is 0 Å². The minimum atomic E-state index is -0.291. The van der Waals surface area contributed by atoms with Crippen LogP contribution in [0, 0.1) is 5.41 Å². The molecule has 0 aromatic rings. The Bertz CT molecular complexity index is 207. The van der Waals surface area contributed by atoms with E-state index in [1.54, 1.807) is 7.11 Å². The standard InChI is InChI=1S/C12H23NO3/c1-3-5-12(6-4-7-13-10-12)11(14)16-9-8-15-2/h13H,3-10H2,1-2H3. The van der Waals surface area contributed by atoms with Crippen LogP contribution in [-0.4, -0.2) is 39.4 Å². The third kappa shape index (κ3) is 3.46. The minimum absolute atomic E-state index is 0.0569. The van der Waals surface area contributed by atoms with E-state index in [1.807, 2.05) is 0 Å². The number of carbonyl (C=O) groups excluding carboxylic acids is 1. The summed E-state index contributed by atoms with van der Waals surface area (Å²) in [6.45, 7) is 4.71. The van der Waals surface area contributed by atoms with E-state index in [0.29, 0.717) is 13.2 Å². The van der Waals surface area contributed by atoms with Crippen LogP contribution >= 0.6 is 0 Å². The van der Waals surface area contributed by atoms with Gasteiger partial charge in [-0.05, 0) is 25.8 Å². The molecule has 1 fully saturated rings. The largest absolute Gasteiger partial charge is 0.463 e. The van der Waals surface area contributed by atoms with E-state index in [2.05, 4.69) is 12.2 Å². The molecule has 1 aliphatic heterocycles. The highest BCUT2D eigenvalue weighted by Gasteiger charge is 2.40. The normalized spacial score (nSPS) is 25.4. The first kappa shape index (κ1) is 13.5. The van der Waals surface area contributed by atoms with E-state index in [0.717, 1.165) is 38.8 Å². The lowest BCUT2D eigenvalue weighted by Crippen LogP contribution is -2.46. The van der Waals surface area contributed by atoms with Gasteiger partial charge in [0.25, 0.3) is 0 Å². The van der Waals surface area contributed by atoms with Crippen molar-refractivity contribution in [1.29, 1.82) is 0 Å². The van der Waals surface area contributed by atoms with Crippen molar-refractivity contribution in [2.45, 2.75) is 32.6 Å². The van der Waals surface area contributed by atoms with Crippen molar-refractivity contribution in [3.8, 4) is 0 Å². The lowest BCUT2D eigenvalue weighted by atomic mass is 9.77. The van der Waals surface area contributed by atoms with E-state index in [4.69, 9.17) is 9.47 Å². The van der Waals surface area contributed by atoms with E-state index in [-0.39, 0.29) is 11.4 Å². The summed E-state index contributed by atoms with van der Waals surface area (Å²) in [6.07, 6.45) is 3.92. The molecule has 1 saturated heterocycles. The number of ether oxygens (including phenoxy) is 2. The predicted molar refractivity (Wildman–Crippen MR) is 62.3 cm³/mol. The number of rotatable bonds is 6. The van der Waals surface area contributed by atoms with Gasteiger partial charge in [-0.25, -0.2) is 0 Å². The van der Waals surface area contributed by atoms with Gasteiger partial charge in [0.2, 0.25) is 0 Å². The molecular weight excluding hydrogens is 206 g/mol. The zero-order valence-electron chi connectivity index (χ0n) is 10.4. The predicted octanol–water partition coefficient (Wildman–Crippen LogP) is 1.35. The molecule has 0 bridgehead atoms. The average molecular weight is 229 g/mol. The number of hydrogen-bond acceptors (Lipinski definition) is 4. The maximum atomic E-state index is 12.1. The summed E-state index contributed by atoms with van der Waals surface area (Å²) in [6, 6.07) is 0. The van der Waals surface area contributed by atoms with Crippen LogP contribution < -0.4 is 5.32 Å². The van der Waals surface area contributed by atoms with Gasteiger partial charge in [-0.3, -0.25) is 4.79 Å². The molecule has 1 rings (SSSR count). The van der Waals surface area contributed by atoms with E-state index in [1.165, 1.54) is 0 Å². The second-order valence-corrected chi connectivity index (χ2v) is 4.44. The van der Waals surface area contributed by atoms with Gasteiger partial charge in [-0.1, -0.05) is 13.3 Å². The van der Waals surface area contributed by atoms with Crippen molar-refractivity contribution < 1.29 is 14.3 Å². The van der Waals surface area contributed by atoms with Gasteiger partial charge in [0, 0.05) is 13.7 Å². The molecule has 0 radical (unpaired) electrons. The van der Waals surface area contributed by atoms with E-state index in [9.17, 15) is 4.79 Å². The zero-order chi connectivity index (χ0) is 11.9. The van der Waals surface area contributed by atoms with Crippen LogP contribution in [0.1, 0.15) is 32.6 Å². The van der Waals surface area contributed by atoms with Crippen molar-refractivity contribution in [3.63, 3.8) is 0 Å². The second kappa shape index (κ2) is 6.86. The first-order valence-corrected chi connectivity index (χ1v) is 6.12. The Labute approximate surface area is 97.7 Å². The van der Waals surface area contributed by atoms with Crippen molar-refractivity contribution in [1.82, 2.24) is 5.32 Å². The number of piperidine rings is 1.